The normalized spacial score (nSPS) is 39.3. The molecular formula is C28H44O3. The van der Waals surface area contributed by atoms with E-state index in [0.29, 0.717) is 36.0 Å². The summed E-state index contributed by atoms with van der Waals surface area (Å²) in [5.74, 6) is 1.91. The third kappa shape index (κ3) is 5.26. The second-order valence-corrected chi connectivity index (χ2v) is 11.4. The third-order valence-corrected chi connectivity index (χ3v) is 8.75. The van der Waals surface area contributed by atoms with E-state index in [0.717, 1.165) is 17.6 Å². The molecule has 3 aliphatic carbocycles. The van der Waals surface area contributed by atoms with Crippen LogP contribution in [0.5, 0.6) is 0 Å². The van der Waals surface area contributed by atoms with Crippen molar-refractivity contribution in [2.45, 2.75) is 97.4 Å². The van der Waals surface area contributed by atoms with Crippen molar-refractivity contribution in [1.82, 2.24) is 0 Å². The molecule has 7 atom stereocenters. The maximum Gasteiger partial charge on any atom is 0.0811 e. The molecule has 0 radical (unpaired) electrons. The first-order valence-electron chi connectivity index (χ1n) is 12.3. The lowest BCUT2D eigenvalue weighted by Crippen LogP contribution is -2.35. The number of aliphatic hydroxyl groups is 3. The lowest BCUT2D eigenvalue weighted by atomic mass is 9.61. The zero-order valence-electron chi connectivity index (χ0n) is 20.3. The smallest absolute Gasteiger partial charge is 0.0811 e. The molecule has 0 aliphatic heterocycles. The van der Waals surface area contributed by atoms with Gasteiger partial charge in [-0.05, 0) is 86.7 Å². The molecule has 3 fully saturated rings. The summed E-state index contributed by atoms with van der Waals surface area (Å²) in [6, 6.07) is 0. The summed E-state index contributed by atoms with van der Waals surface area (Å²) in [5.41, 5.74) is 2.93. The molecule has 2 unspecified atom stereocenters. The van der Waals surface area contributed by atoms with Gasteiger partial charge in [0.15, 0.2) is 0 Å². The molecule has 0 saturated heterocycles. The summed E-state index contributed by atoms with van der Waals surface area (Å²) < 4.78 is 0. The molecule has 3 N–H and O–H groups in total. The van der Waals surface area contributed by atoms with Crippen molar-refractivity contribution in [2.75, 3.05) is 0 Å². The van der Waals surface area contributed by atoms with E-state index in [9.17, 15) is 15.3 Å². The number of rotatable bonds is 5. The molecular weight excluding hydrogens is 384 g/mol. The first kappa shape index (κ1) is 24.5. The fraction of sp³-hybridized carbons (Fsp3) is 0.714. The molecule has 3 aliphatic rings. The van der Waals surface area contributed by atoms with Gasteiger partial charge >= 0.3 is 0 Å². The highest BCUT2D eigenvalue weighted by Gasteiger charge is 2.50. The van der Waals surface area contributed by atoms with E-state index in [1.165, 1.54) is 31.3 Å². The van der Waals surface area contributed by atoms with Crippen LogP contribution >= 0.6 is 0 Å². The Morgan fingerprint density at radius 2 is 1.84 bits per heavy atom. The van der Waals surface area contributed by atoms with Gasteiger partial charge in [0.05, 0.1) is 17.8 Å². The van der Waals surface area contributed by atoms with Crippen LogP contribution in [0.15, 0.2) is 47.6 Å². The van der Waals surface area contributed by atoms with Gasteiger partial charge in [0.2, 0.25) is 0 Å². The van der Waals surface area contributed by atoms with Crippen molar-refractivity contribution in [2.24, 2.45) is 29.1 Å². The summed E-state index contributed by atoms with van der Waals surface area (Å²) in [5, 5.41) is 30.4. The number of hydrogen-bond donors (Lipinski definition) is 3. The van der Waals surface area contributed by atoms with Crippen molar-refractivity contribution in [3.8, 4) is 0 Å². The van der Waals surface area contributed by atoms with Crippen molar-refractivity contribution >= 4 is 0 Å². The van der Waals surface area contributed by atoms with E-state index in [1.807, 2.05) is 13.8 Å². The largest absolute Gasteiger partial charge is 0.393 e. The van der Waals surface area contributed by atoms with Crippen LogP contribution in [0.3, 0.4) is 0 Å². The van der Waals surface area contributed by atoms with Crippen LogP contribution in [-0.4, -0.2) is 33.1 Å². The highest BCUT2D eigenvalue weighted by molar-refractivity contribution is 5.38. The maximum atomic E-state index is 10.3. The van der Waals surface area contributed by atoms with E-state index >= 15 is 0 Å². The molecule has 3 saturated carbocycles. The number of fused-ring (bicyclic) bond motifs is 1. The molecule has 0 amide bonds. The van der Waals surface area contributed by atoms with Crippen LogP contribution in [0.2, 0.25) is 0 Å². The Kier molecular flexibility index (Phi) is 7.40. The monoisotopic (exact) mass is 428 g/mol. The van der Waals surface area contributed by atoms with Gasteiger partial charge in [-0.15, -0.1) is 0 Å². The fourth-order valence-electron chi connectivity index (χ4n) is 6.32. The van der Waals surface area contributed by atoms with E-state index < -0.39 is 17.8 Å². The van der Waals surface area contributed by atoms with Crippen LogP contribution in [0.1, 0.15) is 79.6 Å². The highest BCUT2D eigenvalue weighted by atomic mass is 16.3. The van der Waals surface area contributed by atoms with Gasteiger partial charge in [0.1, 0.15) is 0 Å². The second-order valence-electron chi connectivity index (χ2n) is 11.4. The minimum absolute atomic E-state index is 0.141. The standard InChI is InChI=1S/C28H44O3/c1-18(9-10-19(2)27(4,5)31)24-13-14-25-21(8-7-15-28(24,25)6)11-12-22-16-23(29)17-26(30)20(22)3/h9-12,18-19,23-26,29-31H,3,7-8,13-17H2,1-2,4-6H3/t18?,19?,23-,24-,25+,26+,28-/m1/s1. The molecule has 0 aromatic heterocycles. The lowest BCUT2D eigenvalue weighted by Gasteiger charge is -2.44. The summed E-state index contributed by atoms with van der Waals surface area (Å²) in [6.45, 7) is 14.7. The van der Waals surface area contributed by atoms with Gasteiger partial charge in [0, 0.05) is 12.3 Å². The van der Waals surface area contributed by atoms with Crippen molar-refractivity contribution < 1.29 is 15.3 Å². The Morgan fingerprint density at radius 1 is 1.13 bits per heavy atom. The molecule has 0 heterocycles. The Balaban J connectivity index is 1.76. The van der Waals surface area contributed by atoms with E-state index in [4.69, 9.17) is 0 Å². The SMILES string of the molecule is C=C1C(=CC=C2CCC[C@]3(C)[C@@H](C(C)C=CC(C)C(C)(C)O)CC[C@@H]23)C[C@@H](O)C[C@@H]1O. The zero-order valence-corrected chi connectivity index (χ0v) is 20.3. The first-order valence-corrected chi connectivity index (χ1v) is 12.3. The molecule has 0 aromatic carbocycles. The zero-order chi connectivity index (χ0) is 23.0. The molecule has 31 heavy (non-hydrogen) atoms. The number of allylic oxidation sites excluding steroid dienone is 4. The number of aliphatic hydroxyl groups excluding tert-OH is 2. The van der Waals surface area contributed by atoms with Gasteiger partial charge in [-0.25, -0.2) is 0 Å². The predicted molar refractivity (Wildman–Crippen MR) is 128 cm³/mol. The summed E-state index contributed by atoms with van der Waals surface area (Å²) >= 11 is 0. The molecule has 0 spiro atoms. The maximum absolute atomic E-state index is 10.3. The molecule has 3 nitrogen and oxygen atoms in total. The fourth-order valence-corrected chi connectivity index (χ4v) is 6.32. The highest BCUT2D eigenvalue weighted by Crippen LogP contribution is 2.59. The molecule has 0 bridgehead atoms. The topological polar surface area (TPSA) is 60.7 Å². The molecule has 0 aromatic rings. The summed E-state index contributed by atoms with van der Waals surface area (Å²) in [4.78, 5) is 0. The minimum atomic E-state index is -0.684. The van der Waals surface area contributed by atoms with Crippen molar-refractivity contribution in [3.05, 3.63) is 47.6 Å². The third-order valence-electron chi connectivity index (χ3n) is 8.75. The van der Waals surface area contributed by atoms with Crippen LogP contribution in [0.25, 0.3) is 0 Å². The van der Waals surface area contributed by atoms with Gasteiger partial charge in [-0.2, -0.15) is 0 Å². The Hall–Kier alpha value is -1.16. The van der Waals surface area contributed by atoms with Gasteiger partial charge in [-0.3, -0.25) is 0 Å². The Labute approximate surface area is 189 Å². The second kappa shape index (κ2) is 9.37. The van der Waals surface area contributed by atoms with Gasteiger partial charge < -0.3 is 15.3 Å². The van der Waals surface area contributed by atoms with Crippen molar-refractivity contribution in [1.29, 1.82) is 0 Å². The van der Waals surface area contributed by atoms with Crippen LogP contribution in [0.4, 0.5) is 0 Å². The minimum Gasteiger partial charge on any atom is -0.393 e. The average molecular weight is 429 g/mol. The quantitative estimate of drug-likeness (QED) is 0.490. The van der Waals surface area contributed by atoms with E-state index in [1.54, 1.807) is 0 Å². The van der Waals surface area contributed by atoms with Crippen molar-refractivity contribution in [3.63, 3.8) is 0 Å². The van der Waals surface area contributed by atoms with Crippen LogP contribution < -0.4 is 0 Å². The Morgan fingerprint density at radius 3 is 2.52 bits per heavy atom. The first-order chi connectivity index (χ1) is 14.4. The van der Waals surface area contributed by atoms with E-state index in [2.05, 4.69) is 51.7 Å². The van der Waals surface area contributed by atoms with Gasteiger partial charge in [0.25, 0.3) is 0 Å². The average Bonchev–Trinajstić information content (AvgIpc) is 3.04. The molecule has 3 heteroatoms. The molecule has 174 valence electrons. The lowest BCUT2D eigenvalue weighted by molar-refractivity contribution is 0.0436. The number of hydrogen-bond acceptors (Lipinski definition) is 3. The summed E-state index contributed by atoms with van der Waals surface area (Å²) in [7, 11) is 0. The van der Waals surface area contributed by atoms with Gasteiger partial charge in [-0.1, -0.05) is 57.2 Å². The molecule has 3 rings (SSSR count). The van der Waals surface area contributed by atoms with Crippen LogP contribution in [0, 0.1) is 29.1 Å². The van der Waals surface area contributed by atoms with E-state index in [-0.39, 0.29) is 5.92 Å². The Bertz CT molecular complexity index is 753. The predicted octanol–water partition coefficient (Wildman–Crippen LogP) is 5.73. The van der Waals surface area contributed by atoms with Crippen LogP contribution in [-0.2, 0) is 0 Å². The summed E-state index contributed by atoms with van der Waals surface area (Å²) in [6.07, 6.45) is 15.0.